The maximum Gasteiger partial charge on any atom is 0.408 e. The summed E-state index contributed by atoms with van der Waals surface area (Å²) in [6, 6.07) is 18.2. The lowest BCUT2D eigenvalue weighted by molar-refractivity contribution is -0.117. The minimum absolute atomic E-state index is 0.0907. The molecule has 1 atom stereocenters. The van der Waals surface area contributed by atoms with Crippen LogP contribution in [0, 0.1) is 0 Å². The minimum atomic E-state index is -3.68. The first-order chi connectivity index (χ1) is 15.3. The van der Waals surface area contributed by atoms with Gasteiger partial charge in [-0.1, -0.05) is 61.5 Å². The molecule has 3 N–H and O–H groups in total. The van der Waals surface area contributed by atoms with Gasteiger partial charge in [0.1, 0.15) is 12.6 Å². The zero-order valence-corrected chi connectivity index (χ0v) is 18.6. The Labute approximate surface area is 187 Å². The smallest absolute Gasteiger partial charge is 0.408 e. The highest BCUT2D eigenvalue weighted by atomic mass is 32.2. The minimum Gasteiger partial charge on any atom is -0.445 e. The topological polar surface area (TPSA) is 114 Å². The number of nitrogens with one attached hydrogen (secondary N) is 3. The standard InChI is InChI=1S/C23H25N3O5S/c1-3-24-32(29,30)21-14-8-11-18-19(21)12-7-13-20(18)26-22(27)16(2)25-23(28)31-15-17-9-5-4-6-10-17/h4-14,16,24H,3,15H2,1-2H3,(H,25,28)(H,26,27)/t16-/m0/s1. The summed E-state index contributed by atoms with van der Waals surface area (Å²) in [6.45, 7) is 3.59. The molecule has 0 aliphatic heterocycles. The quantitative estimate of drug-likeness (QED) is 0.482. The van der Waals surface area contributed by atoms with E-state index in [-0.39, 0.29) is 18.0 Å². The number of hydrogen-bond donors (Lipinski definition) is 3. The molecule has 0 saturated heterocycles. The van der Waals surface area contributed by atoms with Crippen LogP contribution in [-0.4, -0.2) is 33.0 Å². The fraction of sp³-hybridized carbons (Fsp3) is 0.217. The van der Waals surface area contributed by atoms with Crippen molar-refractivity contribution in [1.29, 1.82) is 0 Å². The number of rotatable bonds is 8. The summed E-state index contributed by atoms with van der Waals surface area (Å²) in [4.78, 5) is 24.8. The van der Waals surface area contributed by atoms with Crippen LogP contribution in [0.5, 0.6) is 0 Å². The molecule has 168 valence electrons. The summed E-state index contributed by atoms with van der Waals surface area (Å²) in [5.41, 5.74) is 1.27. The number of sulfonamides is 1. The van der Waals surface area contributed by atoms with Crippen LogP contribution >= 0.6 is 0 Å². The number of amides is 2. The second-order valence-corrected chi connectivity index (χ2v) is 8.81. The normalized spacial score (nSPS) is 12.2. The first-order valence-corrected chi connectivity index (χ1v) is 11.6. The number of carbonyl (C=O) groups is 2. The van der Waals surface area contributed by atoms with E-state index in [0.29, 0.717) is 16.5 Å². The molecule has 3 rings (SSSR count). The molecule has 0 saturated carbocycles. The molecule has 0 aromatic heterocycles. The lowest BCUT2D eigenvalue weighted by Gasteiger charge is -2.16. The Morgan fingerprint density at radius 2 is 1.62 bits per heavy atom. The van der Waals surface area contributed by atoms with Crippen molar-refractivity contribution in [3.8, 4) is 0 Å². The van der Waals surface area contributed by atoms with Crippen LogP contribution in [-0.2, 0) is 26.2 Å². The third kappa shape index (κ3) is 5.63. The first kappa shape index (κ1) is 23.2. The van der Waals surface area contributed by atoms with E-state index in [1.807, 2.05) is 30.3 Å². The lowest BCUT2D eigenvalue weighted by Crippen LogP contribution is -2.41. The van der Waals surface area contributed by atoms with Crippen LogP contribution in [0.2, 0.25) is 0 Å². The van der Waals surface area contributed by atoms with E-state index in [2.05, 4.69) is 15.4 Å². The monoisotopic (exact) mass is 455 g/mol. The van der Waals surface area contributed by atoms with Crippen molar-refractivity contribution in [2.24, 2.45) is 0 Å². The number of anilines is 1. The van der Waals surface area contributed by atoms with Crippen molar-refractivity contribution in [2.75, 3.05) is 11.9 Å². The molecule has 0 spiro atoms. The van der Waals surface area contributed by atoms with Gasteiger partial charge in [0.05, 0.1) is 4.90 Å². The zero-order chi connectivity index (χ0) is 23.1. The van der Waals surface area contributed by atoms with Crippen molar-refractivity contribution in [3.05, 3.63) is 72.3 Å². The Kier molecular flexibility index (Phi) is 7.45. The Bertz CT molecular complexity index is 1210. The predicted molar refractivity (Wildman–Crippen MR) is 123 cm³/mol. The molecule has 0 aliphatic rings. The van der Waals surface area contributed by atoms with E-state index < -0.39 is 28.1 Å². The molecule has 0 unspecified atom stereocenters. The highest BCUT2D eigenvalue weighted by Crippen LogP contribution is 2.28. The van der Waals surface area contributed by atoms with Gasteiger partial charge in [0, 0.05) is 23.0 Å². The van der Waals surface area contributed by atoms with E-state index in [9.17, 15) is 18.0 Å². The van der Waals surface area contributed by atoms with Gasteiger partial charge >= 0.3 is 6.09 Å². The molecule has 0 aliphatic carbocycles. The summed E-state index contributed by atoms with van der Waals surface area (Å²) >= 11 is 0. The van der Waals surface area contributed by atoms with Crippen LogP contribution < -0.4 is 15.4 Å². The van der Waals surface area contributed by atoms with E-state index in [1.165, 1.54) is 13.0 Å². The van der Waals surface area contributed by atoms with Crippen molar-refractivity contribution in [2.45, 2.75) is 31.4 Å². The number of carbonyl (C=O) groups excluding carboxylic acids is 2. The summed E-state index contributed by atoms with van der Waals surface area (Å²) in [7, 11) is -3.68. The van der Waals surface area contributed by atoms with Gasteiger partial charge in [-0.2, -0.15) is 0 Å². The van der Waals surface area contributed by atoms with Crippen molar-refractivity contribution in [3.63, 3.8) is 0 Å². The lowest BCUT2D eigenvalue weighted by atomic mass is 10.1. The molecule has 3 aromatic carbocycles. The molecule has 0 heterocycles. The Morgan fingerprint density at radius 1 is 0.938 bits per heavy atom. The fourth-order valence-corrected chi connectivity index (χ4v) is 4.40. The maximum absolute atomic E-state index is 12.6. The number of benzene rings is 3. The zero-order valence-electron chi connectivity index (χ0n) is 17.8. The summed E-state index contributed by atoms with van der Waals surface area (Å²) in [5.74, 6) is -0.464. The van der Waals surface area contributed by atoms with E-state index in [0.717, 1.165) is 5.56 Å². The van der Waals surface area contributed by atoms with Gasteiger partial charge in [-0.25, -0.2) is 17.9 Å². The van der Waals surface area contributed by atoms with E-state index >= 15 is 0 Å². The third-order valence-corrected chi connectivity index (χ3v) is 6.31. The Morgan fingerprint density at radius 3 is 2.34 bits per heavy atom. The highest BCUT2D eigenvalue weighted by molar-refractivity contribution is 7.89. The highest BCUT2D eigenvalue weighted by Gasteiger charge is 2.20. The van der Waals surface area contributed by atoms with Crippen molar-refractivity contribution < 1.29 is 22.7 Å². The average molecular weight is 456 g/mol. The van der Waals surface area contributed by atoms with Gasteiger partial charge in [0.2, 0.25) is 15.9 Å². The maximum atomic E-state index is 12.6. The largest absolute Gasteiger partial charge is 0.445 e. The molecular weight excluding hydrogens is 430 g/mol. The number of fused-ring (bicyclic) bond motifs is 1. The van der Waals surface area contributed by atoms with Crippen LogP contribution in [0.15, 0.2) is 71.6 Å². The Balaban J connectivity index is 1.70. The van der Waals surface area contributed by atoms with Crippen molar-refractivity contribution >= 4 is 38.5 Å². The van der Waals surface area contributed by atoms with Gasteiger partial charge in [-0.05, 0) is 24.6 Å². The van der Waals surface area contributed by atoms with Gasteiger partial charge < -0.3 is 15.4 Å². The van der Waals surface area contributed by atoms with Gasteiger partial charge in [-0.3, -0.25) is 4.79 Å². The SMILES string of the molecule is CCNS(=O)(=O)c1cccc2c(NC(=O)[C@H](C)NC(=O)OCc3ccccc3)cccc12. The molecule has 3 aromatic rings. The molecule has 9 heteroatoms. The average Bonchev–Trinajstić information content (AvgIpc) is 2.78. The van der Waals surface area contributed by atoms with E-state index in [4.69, 9.17) is 4.74 Å². The molecular formula is C23H25N3O5S. The van der Waals surface area contributed by atoms with Crippen LogP contribution in [0.4, 0.5) is 10.5 Å². The van der Waals surface area contributed by atoms with Crippen molar-refractivity contribution in [1.82, 2.24) is 10.0 Å². The molecule has 32 heavy (non-hydrogen) atoms. The van der Waals surface area contributed by atoms with E-state index in [1.54, 1.807) is 37.3 Å². The molecule has 0 fully saturated rings. The first-order valence-electron chi connectivity index (χ1n) is 10.1. The molecule has 0 radical (unpaired) electrons. The predicted octanol–water partition coefficient (Wildman–Crippen LogP) is 3.39. The second-order valence-electron chi connectivity index (χ2n) is 7.08. The molecule has 2 amide bonds. The van der Waals surface area contributed by atoms with Crippen LogP contribution in [0.25, 0.3) is 10.8 Å². The van der Waals surface area contributed by atoms with Crippen LogP contribution in [0.3, 0.4) is 0 Å². The molecule has 8 nitrogen and oxygen atoms in total. The molecule has 0 bridgehead atoms. The van der Waals surface area contributed by atoms with Gasteiger partial charge in [0.25, 0.3) is 0 Å². The fourth-order valence-electron chi connectivity index (χ4n) is 3.14. The third-order valence-electron chi connectivity index (χ3n) is 4.70. The second kappa shape index (κ2) is 10.3. The summed E-state index contributed by atoms with van der Waals surface area (Å²) in [5, 5.41) is 6.29. The Hall–Kier alpha value is -3.43. The summed E-state index contributed by atoms with van der Waals surface area (Å²) < 4.78 is 32.6. The van der Waals surface area contributed by atoms with Gasteiger partial charge in [-0.15, -0.1) is 0 Å². The number of hydrogen-bond acceptors (Lipinski definition) is 5. The number of ether oxygens (including phenoxy) is 1. The summed E-state index contributed by atoms with van der Waals surface area (Å²) in [6.07, 6.45) is -0.714. The van der Waals surface area contributed by atoms with Gasteiger partial charge in [0.15, 0.2) is 0 Å². The van der Waals surface area contributed by atoms with Crippen LogP contribution in [0.1, 0.15) is 19.4 Å². The number of alkyl carbamates (subject to hydrolysis) is 1.